The Balaban J connectivity index is 1.64. The summed E-state index contributed by atoms with van der Waals surface area (Å²) in [6.07, 6.45) is 5.44. The molecule has 156 valence electrons. The van der Waals surface area contributed by atoms with Crippen LogP contribution in [-0.2, 0) is 14.8 Å². The van der Waals surface area contributed by atoms with E-state index >= 15 is 0 Å². The maximum atomic E-state index is 12.6. The molecule has 0 aliphatic heterocycles. The maximum absolute atomic E-state index is 12.6. The van der Waals surface area contributed by atoms with Gasteiger partial charge < -0.3 is 5.32 Å². The minimum absolute atomic E-state index is 0.0171. The molecule has 3 aromatic rings. The number of sulfonamides is 1. The van der Waals surface area contributed by atoms with Gasteiger partial charge in [0.2, 0.25) is 15.9 Å². The summed E-state index contributed by atoms with van der Waals surface area (Å²) in [6.45, 7) is -0.351. The summed E-state index contributed by atoms with van der Waals surface area (Å²) >= 11 is 0. The molecule has 0 unspecified atom stereocenters. The highest BCUT2D eigenvalue weighted by atomic mass is 32.2. The number of anilines is 1. The number of hydrogen-bond donors (Lipinski definition) is 1. The lowest BCUT2D eigenvalue weighted by Crippen LogP contribution is -2.34. The zero-order valence-corrected chi connectivity index (χ0v) is 17.6. The first-order valence-electron chi connectivity index (χ1n) is 9.34. The van der Waals surface area contributed by atoms with Crippen LogP contribution in [0.2, 0.25) is 0 Å². The fourth-order valence-corrected chi connectivity index (χ4v) is 3.87. The van der Waals surface area contributed by atoms with Crippen LogP contribution in [0.4, 0.5) is 5.69 Å². The number of carbonyl (C=O) groups is 1. The summed E-state index contributed by atoms with van der Waals surface area (Å²) in [7, 11) is -2.52. The van der Waals surface area contributed by atoms with Gasteiger partial charge in [-0.15, -0.1) is 0 Å². The van der Waals surface area contributed by atoms with Gasteiger partial charge in [0.25, 0.3) is 0 Å². The molecule has 2 aromatic carbocycles. The topological polar surface area (TPSA) is 103 Å². The van der Waals surface area contributed by atoms with E-state index in [1.54, 1.807) is 24.4 Å². The Bertz CT molecular complexity index is 1230. The Morgan fingerprint density at radius 2 is 1.87 bits per heavy atom. The lowest BCUT2D eigenvalue weighted by molar-refractivity contribution is -0.116. The summed E-state index contributed by atoms with van der Waals surface area (Å²) in [5, 5.41) is 11.6. The van der Waals surface area contributed by atoms with Crippen molar-refractivity contribution in [2.24, 2.45) is 0 Å². The molecule has 1 aromatic heterocycles. The molecule has 1 amide bonds. The van der Waals surface area contributed by atoms with Gasteiger partial charge in [0.05, 0.1) is 28.8 Å². The number of carbonyl (C=O) groups excluding carboxylic acids is 1. The summed E-state index contributed by atoms with van der Waals surface area (Å²) in [5.41, 5.74) is 2.59. The van der Waals surface area contributed by atoms with E-state index in [2.05, 4.69) is 10.3 Å². The molecule has 0 saturated carbocycles. The Hall–Kier alpha value is -3.80. The molecule has 0 aliphatic carbocycles. The molecule has 1 N–H and O–H groups in total. The number of aromatic nitrogens is 1. The smallest absolute Gasteiger partial charge is 0.243 e. The first-order valence-corrected chi connectivity index (χ1v) is 10.8. The van der Waals surface area contributed by atoms with Crippen LogP contribution in [0.15, 0.2) is 77.8 Å². The first kappa shape index (κ1) is 21.9. The highest BCUT2D eigenvalue weighted by Gasteiger charge is 2.23. The molecule has 8 heteroatoms. The number of benzene rings is 2. The number of hydrogen-bond acceptors (Lipinski definition) is 5. The van der Waals surface area contributed by atoms with Crippen LogP contribution in [0.3, 0.4) is 0 Å². The lowest BCUT2D eigenvalue weighted by atomic mass is 10.1. The van der Waals surface area contributed by atoms with Crippen molar-refractivity contribution >= 4 is 33.8 Å². The predicted octanol–water partition coefficient (Wildman–Crippen LogP) is 3.38. The maximum Gasteiger partial charge on any atom is 0.243 e. The lowest BCUT2D eigenvalue weighted by Gasteiger charge is -2.17. The average Bonchev–Trinajstić information content (AvgIpc) is 2.78. The monoisotopic (exact) mass is 432 g/mol. The molecule has 0 aliphatic rings. The van der Waals surface area contributed by atoms with Crippen LogP contribution in [-0.4, -0.2) is 37.2 Å². The SMILES string of the molecule is CN(CC(=O)Nc1cccc(/C=C/c2ccccn2)c1)S(=O)(=O)c1ccc(C#N)cc1. The van der Waals surface area contributed by atoms with E-state index in [0.29, 0.717) is 11.3 Å². The van der Waals surface area contributed by atoms with Gasteiger partial charge in [-0.3, -0.25) is 9.78 Å². The van der Waals surface area contributed by atoms with Crippen molar-refractivity contribution in [3.63, 3.8) is 0 Å². The number of nitrogens with zero attached hydrogens (tertiary/aromatic N) is 3. The fraction of sp³-hybridized carbons (Fsp3) is 0.0870. The highest BCUT2D eigenvalue weighted by Crippen LogP contribution is 2.16. The van der Waals surface area contributed by atoms with Crippen molar-refractivity contribution in [2.45, 2.75) is 4.90 Å². The number of likely N-dealkylation sites (N-methyl/N-ethyl adjacent to an activating group) is 1. The van der Waals surface area contributed by atoms with Crippen LogP contribution in [0, 0.1) is 11.3 Å². The van der Waals surface area contributed by atoms with Crippen LogP contribution in [0.1, 0.15) is 16.8 Å². The minimum Gasteiger partial charge on any atom is -0.325 e. The van der Waals surface area contributed by atoms with Crippen molar-refractivity contribution in [1.29, 1.82) is 5.26 Å². The number of rotatable bonds is 7. The van der Waals surface area contributed by atoms with Gasteiger partial charge in [0, 0.05) is 18.9 Å². The molecule has 1 heterocycles. The molecule has 0 radical (unpaired) electrons. The van der Waals surface area contributed by atoms with Gasteiger partial charge in [-0.05, 0) is 60.2 Å². The van der Waals surface area contributed by atoms with Crippen molar-refractivity contribution in [2.75, 3.05) is 18.9 Å². The largest absolute Gasteiger partial charge is 0.325 e. The molecule has 0 atom stereocenters. The normalized spacial score (nSPS) is 11.4. The third-order valence-corrected chi connectivity index (χ3v) is 6.18. The molecular formula is C23H20N4O3S. The molecule has 0 spiro atoms. The molecule has 31 heavy (non-hydrogen) atoms. The minimum atomic E-state index is -3.85. The van der Waals surface area contributed by atoms with E-state index in [-0.39, 0.29) is 11.4 Å². The zero-order chi connectivity index (χ0) is 22.3. The Morgan fingerprint density at radius 3 is 2.55 bits per heavy atom. The van der Waals surface area contributed by atoms with E-state index in [0.717, 1.165) is 15.6 Å². The van der Waals surface area contributed by atoms with E-state index in [1.807, 2.05) is 42.5 Å². The quantitative estimate of drug-likeness (QED) is 0.616. The Morgan fingerprint density at radius 1 is 1.10 bits per heavy atom. The third kappa shape index (κ3) is 5.85. The van der Waals surface area contributed by atoms with Crippen molar-refractivity contribution in [3.05, 3.63) is 89.7 Å². The van der Waals surface area contributed by atoms with Crippen molar-refractivity contribution in [1.82, 2.24) is 9.29 Å². The second-order valence-corrected chi connectivity index (χ2v) is 8.70. The van der Waals surface area contributed by atoms with E-state index in [1.165, 1.54) is 31.3 Å². The number of nitriles is 1. The van der Waals surface area contributed by atoms with Crippen LogP contribution in [0.25, 0.3) is 12.2 Å². The predicted molar refractivity (Wildman–Crippen MR) is 119 cm³/mol. The standard InChI is InChI=1S/C23H20N4O3S/c1-27(31(29,30)22-12-9-19(16-24)10-13-22)17-23(28)26-21-7-4-5-18(15-21)8-11-20-6-2-3-14-25-20/h2-15H,17H2,1H3,(H,26,28)/b11-8+. The van der Waals surface area contributed by atoms with E-state index in [9.17, 15) is 13.2 Å². The van der Waals surface area contributed by atoms with Crippen LogP contribution >= 0.6 is 0 Å². The number of nitrogens with one attached hydrogen (secondary N) is 1. The fourth-order valence-electron chi connectivity index (χ4n) is 2.75. The number of pyridine rings is 1. The summed E-state index contributed by atoms with van der Waals surface area (Å²) in [4.78, 5) is 16.6. The molecule has 0 saturated heterocycles. The van der Waals surface area contributed by atoms with Crippen molar-refractivity contribution in [3.8, 4) is 6.07 Å². The van der Waals surface area contributed by atoms with Crippen LogP contribution in [0.5, 0.6) is 0 Å². The Kier molecular flexibility index (Phi) is 6.92. The van der Waals surface area contributed by atoms with Crippen molar-refractivity contribution < 1.29 is 13.2 Å². The first-order chi connectivity index (χ1) is 14.9. The van der Waals surface area contributed by atoms with Gasteiger partial charge >= 0.3 is 0 Å². The number of amides is 1. The zero-order valence-electron chi connectivity index (χ0n) is 16.8. The second kappa shape index (κ2) is 9.80. The molecule has 3 rings (SSSR count). The van der Waals surface area contributed by atoms with Gasteiger partial charge in [-0.25, -0.2) is 8.42 Å². The second-order valence-electron chi connectivity index (χ2n) is 6.66. The van der Waals surface area contributed by atoms with E-state index < -0.39 is 15.9 Å². The molecule has 7 nitrogen and oxygen atoms in total. The highest BCUT2D eigenvalue weighted by molar-refractivity contribution is 7.89. The van der Waals surface area contributed by atoms with Crippen LogP contribution < -0.4 is 5.32 Å². The van der Waals surface area contributed by atoms with Gasteiger partial charge in [0.1, 0.15) is 0 Å². The third-order valence-electron chi connectivity index (χ3n) is 4.36. The van der Waals surface area contributed by atoms with E-state index in [4.69, 9.17) is 5.26 Å². The summed E-state index contributed by atoms with van der Waals surface area (Å²) in [6, 6.07) is 20.3. The van der Waals surface area contributed by atoms with Gasteiger partial charge in [-0.1, -0.05) is 24.3 Å². The summed E-state index contributed by atoms with van der Waals surface area (Å²) in [5.74, 6) is -0.467. The molecule has 0 bridgehead atoms. The molecule has 0 fully saturated rings. The van der Waals surface area contributed by atoms with Gasteiger partial charge in [0.15, 0.2) is 0 Å². The molecular weight excluding hydrogens is 412 g/mol. The summed E-state index contributed by atoms with van der Waals surface area (Å²) < 4.78 is 26.3. The average molecular weight is 433 g/mol. The van der Waals surface area contributed by atoms with Gasteiger partial charge in [-0.2, -0.15) is 9.57 Å². The Labute approximate surface area is 181 Å².